The molecule has 1 aromatic rings. The highest BCUT2D eigenvalue weighted by atomic mass is 32.2. The van der Waals surface area contributed by atoms with Crippen molar-refractivity contribution in [2.24, 2.45) is 0 Å². The van der Waals surface area contributed by atoms with Crippen LogP contribution in [-0.4, -0.2) is 42.2 Å². The Balaban J connectivity index is 2.00. The summed E-state index contributed by atoms with van der Waals surface area (Å²) in [4.78, 5) is 5.36. The molecule has 0 unspecified atom stereocenters. The Hall–Kier alpha value is -0.670. The summed E-state index contributed by atoms with van der Waals surface area (Å²) in [6, 6.07) is 9.15. The highest BCUT2D eigenvalue weighted by Gasteiger charge is 2.29. The highest BCUT2D eigenvalue weighted by Crippen LogP contribution is 2.29. The minimum absolute atomic E-state index is 0.236. The van der Waals surface area contributed by atoms with E-state index in [1.807, 2.05) is 11.8 Å². The number of hydrogen-bond donors (Lipinski definition) is 0. The van der Waals surface area contributed by atoms with Gasteiger partial charge in [-0.25, -0.2) is 0 Å². The first kappa shape index (κ1) is 16.7. The Morgan fingerprint density at radius 2 is 1.38 bits per heavy atom. The normalized spacial score (nSPS) is 18.1. The fourth-order valence-electron chi connectivity index (χ4n) is 2.80. The predicted octanol–water partition coefficient (Wildman–Crippen LogP) is 4.21. The summed E-state index contributed by atoms with van der Waals surface area (Å²) in [5, 5.41) is 0. The van der Waals surface area contributed by atoms with Crippen LogP contribution in [0.2, 0.25) is 0 Å². The molecule has 2 nitrogen and oxygen atoms in total. The number of anilines is 1. The van der Waals surface area contributed by atoms with Gasteiger partial charge in [0.25, 0.3) is 0 Å². The second-order valence-corrected chi connectivity index (χ2v) is 8.83. The average molecular weight is 307 g/mol. The molecule has 0 atom stereocenters. The molecule has 1 fully saturated rings. The van der Waals surface area contributed by atoms with Crippen LogP contribution in [0.25, 0.3) is 0 Å². The van der Waals surface area contributed by atoms with E-state index < -0.39 is 0 Å². The second-order valence-electron chi connectivity index (χ2n) is 7.42. The molecule has 0 spiro atoms. The fourth-order valence-corrected chi connectivity index (χ4v) is 3.25. The lowest BCUT2D eigenvalue weighted by molar-refractivity contribution is 0.185. The van der Waals surface area contributed by atoms with Crippen molar-refractivity contribution < 1.29 is 0 Å². The van der Waals surface area contributed by atoms with Crippen LogP contribution in [0.15, 0.2) is 24.3 Å². The van der Waals surface area contributed by atoms with E-state index in [0.29, 0.717) is 0 Å². The predicted molar refractivity (Wildman–Crippen MR) is 96.5 cm³/mol. The molecule has 1 aliphatic rings. The van der Waals surface area contributed by atoms with Gasteiger partial charge in [0.15, 0.2) is 0 Å². The van der Waals surface area contributed by atoms with Gasteiger partial charge in [-0.3, -0.25) is 4.90 Å². The van der Waals surface area contributed by atoms with Crippen LogP contribution in [0.5, 0.6) is 0 Å². The van der Waals surface area contributed by atoms with Crippen LogP contribution in [-0.2, 0) is 5.41 Å². The summed E-state index contributed by atoms with van der Waals surface area (Å²) in [5.41, 5.74) is 3.01. The third-order valence-corrected chi connectivity index (χ3v) is 5.90. The highest BCUT2D eigenvalue weighted by molar-refractivity contribution is 7.99. The largest absolute Gasteiger partial charge is 0.369 e. The quantitative estimate of drug-likeness (QED) is 0.826. The van der Waals surface area contributed by atoms with Crippen molar-refractivity contribution in [2.75, 3.05) is 37.3 Å². The standard InChI is InChI=1S/C18H30N2S/c1-17(2,3)15-7-9-16(10-8-15)19-11-13-20(14-12-19)18(4,5)21-6/h7-10H,11-14H2,1-6H3. The van der Waals surface area contributed by atoms with Crippen molar-refractivity contribution in [3.8, 4) is 0 Å². The zero-order chi connectivity index (χ0) is 15.7. The van der Waals surface area contributed by atoms with Crippen molar-refractivity contribution in [1.82, 2.24) is 4.90 Å². The smallest absolute Gasteiger partial charge is 0.0611 e. The Bertz CT molecular complexity index is 451. The molecule has 0 amide bonds. The molecule has 1 aromatic carbocycles. The summed E-state index contributed by atoms with van der Waals surface area (Å²) in [5.74, 6) is 0. The van der Waals surface area contributed by atoms with Gasteiger partial charge in [-0.05, 0) is 43.2 Å². The molecule has 0 saturated carbocycles. The number of benzene rings is 1. The van der Waals surface area contributed by atoms with Crippen LogP contribution in [0, 0.1) is 0 Å². The summed E-state index contributed by atoms with van der Waals surface area (Å²) >= 11 is 1.94. The van der Waals surface area contributed by atoms with Crippen LogP contribution in [0.3, 0.4) is 0 Å². The Morgan fingerprint density at radius 3 is 1.81 bits per heavy atom. The van der Waals surface area contributed by atoms with E-state index in [4.69, 9.17) is 0 Å². The van der Waals surface area contributed by atoms with E-state index in [2.05, 4.69) is 74.9 Å². The number of nitrogens with zero attached hydrogens (tertiary/aromatic N) is 2. The van der Waals surface area contributed by atoms with Crippen LogP contribution in [0.1, 0.15) is 40.2 Å². The molecule has 118 valence electrons. The Morgan fingerprint density at radius 1 is 0.857 bits per heavy atom. The molecule has 1 aliphatic heterocycles. The maximum absolute atomic E-state index is 2.59. The molecule has 0 N–H and O–H groups in total. The summed E-state index contributed by atoms with van der Waals surface area (Å²) < 4.78 is 0. The molecule has 0 aliphatic carbocycles. The molecule has 3 heteroatoms. The Kier molecular flexibility index (Phi) is 4.94. The number of hydrogen-bond acceptors (Lipinski definition) is 3. The minimum Gasteiger partial charge on any atom is -0.369 e. The van der Waals surface area contributed by atoms with Gasteiger partial charge in [-0.1, -0.05) is 32.9 Å². The maximum atomic E-state index is 2.59. The van der Waals surface area contributed by atoms with Crippen LogP contribution < -0.4 is 4.90 Å². The van der Waals surface area contributed by atoms with Crippen molar-refractivity contribution >= 4 is 17.4 Å². The van der Waals surface area contributed by atoms with Gasteiger partial charge in [0, 0.05) is 31.9 Å². The molecular formula is C18H30N2S. The Labute approximate surface area is 134 Å². The lowest BCUT2D eigenvalue weighted by Crippen LogP contribution is -2.53. The average Bonchev–Trinajstić information content (AvgIpc) is 2.47. The number of piperazine rings is 1. The van der Waals surface area contributed by atoms with E-state index >= 15 is 0 Å². The first-order valence-corrected chi connectivity index (χ1v) is 9.12. The lowest BCUT2D eigenvalue weighted by Gasteiger charge is -2.44. The number of rotatable bonds is 3. The van der Waals surface area contributed by atoms with Crippen molar-refractivity contribution in [2.45, 2.75) is 44.9 Å². The zero-order valence-corrected chi connectivity index (χ0v) is 15.3. The lowest BCUT2D eigenvalue weighted by atomic mass is 9.87. The monoisotopic (exact) mass is 306 g/mol. The van der Waals surface area contributed by atoms with Crippen LogP contribution in [0.4, 0.5) is 5.69 Å². The van der Waals surface area contributed by atoms with E-state index in [0.717, 1.165) is 26.2 Å². The summed E-state index contributed by atoms with van der Waals surface area (Å²) in [6.07, 6.45) is 2.21. The van der Waals surface area contributed by atoms with Crippen LogP contribution >= 0.6 is 11.8 Å². The molecule has 0 radical (unpaired) electrons. The maximum Gasteiger partial charge on any atom is 0.0611 e. The molecule has 0 bridgehead atoms. The van der Waals surface area contributed by atoms with Gasteiger partial charge < -0.3 is 4.90 Å². The fraction of sp³-hybridized carbons (Fsp3) is 0.667. The minimum atomic E-state index is 0.236. The van der Waals surface area contributed by atoms with Gasteiger partial charge in [0.1, 0.15) is 0 Å². The third kappa shape index (κ3) is 3.95. The molecule has 0 aromatic heterocycles. The summed E-state index contributed by atoms with van der Waals surface area (Å²) in [6.45, 7) is 16.0. The number of thioether (sulfide) groups is 1. The van der Waals surface area contributed by atoms with Crippen molar-refractivity contribution in [3.05, 3.63) is 29.8 Å². The molecule has 1 heterocycles. The van der Waals surface area contributed by atoms with Gasteiger partial charge in [-0.2, -0.15) is 0 Å². The van der Waals surface area contributed by atoms with Crippen molar-refractivity contribution in [1.29, 1.82) is 0 Å². The molecule has 21 heavy (non-hydrogen) atoms. The van der Waals surface area contributed by atoms with E-state index in [1.165, 1.54) is 11.3 Å². The van der Waals surface area contributed by atoms with E-state index in [-0.39, 0.29) is 10.3 Å². The molecule has 2 rings (SSSR count). The van der Waals surface area contributed by atoms with Gasteiger partial charge >= 0.3 is 0 Å². The molecule has 1 saturated heterocycles. The zero-order valence-electron chi connectivity index (χ0n) is 14.4. The molecular weight excluding hydrogens is 276 g/mol. The second kappa shape index (κ2) is 6.21. The van der Waals surface area contributed by atoms with E-state index in [9.17, 15) is 0 Å². The SMILES string of the molecule is CSC(C)(C)N1CCN(c2ccc(C(C)(C)C)cc2)CC1. The van der Waals surface area contributed by atoms with Crippen molar-refractivity contribution in [3.63, 3.8) is 0 Å². The van der Waals surface area contributed by atoms with E-state index in [1.54, 1.807) is 0 Å². The van der Waals surface area contributed by atoms with Gasteiger partial charge in [0.2, 0.25) is 0 Å². The topological polar surface area (TPSA) is 6.48 Å². The first-order valence-electron chi connectivity index (χ1n) is 7.90. The van der Waals surface area contributed by atoms with Gasteiger partial charge in [0.05, 0.1) is 4.87 Å². The van der Waals surface area contributed by atoms with Gasteiger partial charge in [-0.15, -0.1) is 11.8 Å². The summed E-state index contributed by atoms with van der Waals surface area (Å²) in [7, 11) is 0. The first-order chi connectivity index (χ1) is 9.74. The third-order valence-electron chi connectivity index (χ3n) is 4.64.